The molecule has 0 radical (unpaired) electrons. The van der Waals surface area contributed by atoms with Gasteiger partial charge in [0.25, 0.3) is 10.0 Å². The number of sulfonamides is 1. The zero-order chi connectivity index (χ0) is 35.4. The Bertz CT molecular complexity index is 1950. The summed E-state index contributed by atoms with van der Waals surface area (Å²) in [4.78, 5) is 45.3. The Morgan fingerprint density at radius 3 is 2.26 bits per heavy atom. The van der Waals surface area contributed by atoms with E-state index < -0.39 is 60.7 Å². The lowest BCUT2D eigenvalue weighted by Crippen LogP contribution is -2.42. The van der Waals surface area contributed by atoms with Crippen LogP contribution in [0.25, 0.3) is 5.69 Å². The second-order valence-electron chi connectivity index (χ2n) is 8.81. The molecule has 2 aromatic carbocycles. The molecular formula is C24H20Cl2F3N9O8S. The molecule has 0 atom stereocenters. The number of hydrogen-bond acceptors (Lipinski definition) is 12. The number of carbonyl (C=O) groups is 2. The maximum Gasteiger partial charge on any atom is 0.416 e. The summed E-state index contributed by atoms with van der Waals surface area (Å²) in [6, 6.07) is 5.04. The molecule has 2 amide bonds. The van der Waals surface area contributed by atoms with E-state index in [0.29, 0.717) is 12.1 Å². The minimum Gasteiger partial charge on any atom is -0.478 e. The predicted molar refractivity (Wildman–Crippen MR) is 158 cm³/mol. The molecule has 0 aliphatic carbocycles. The zero-order valence-electron chi connectivity index (χ0n) is 23.9. The van der Waals surface area contributed by atoms with Gasteiger partial charge < -0.3 is 15.6 Å². The van der Waals surface area contributed by atoms with Gasteiger partial charge >= 0.3 is 29.9 Å². The molecule has 47 heavy (non-hydrogen) atoms. The number of benzene rings is 2. The smallest absolute Gasteiger partial charge is 0.416 e. The first-order chi connectivity index (χ1) is 21.8. The monoisotopic (exact) mass is 721 g/mol. The Labute approximate surface area is 271 Å². The third kappa shape index (κ3) is 8.31. The number of anilines is 2. The molecule has 0 saturated heterocycles. The lowest BCUT2D eigenvalue weighted by atomic mass is 10.2. The molecular weight excluding hydrogens is 702 g/mol. The van der Waals surface area contributed by atoms with Crippen molar-refractivity contribution in [3.05, 3.63) is 79.7 Å². The van der Waals surface area contributed by atoms with Gasteiger partial charge in [-0.2, -0.15) is 33.2 Å². The number of ether oxygens (including phenoxy) is 1. The van der Waals surface area contributed by atoms with E-state index in [2.05, 4.69) is 20.1 Å². The summed E-state index contributed by atoms with van der Waals surface area (Å²) in [5.41, 5.74) is 3.32. The highest BCUT2D eigenvalue weighted by Gasteiger charge is 2.33. The Morgan fingerprint density at radius 2 is 1.74 bits per heavy atom. The number of halogens is 5. The number of urea groups is 1. The highest BCUT2D eigenvalue weighted by molar-refractivity contribution is 7.90. The molecule has 17 nitrogen and oxygen atoms in total. The summed E-state index contributed by atoms with van der Waals surface area (Å²) >= 11 is 11.5. The minimum atomic E-state index is -4.63. The molecule has 0 spiro atoms. The van der Waals surface area contributed by atoms with Crippen molar-refractivity contribution in [2.24, 2.45) is 0 Å². The van der Waals surface area contributed by atoms with E-state index in [-0.39, 0.29) is 33.5 Å². The van der Waals surface area contributed by atoms with Crippen LogP contribution in [0, 0.1) is 17.0 Å². The molecule has 0 saturated carbocycles. The summed E-state index contributed by atoms with van der Waals surface area (Å²) in [6.45, 7) is 1.54. The van der Waals surface area contributed by atoms with Crippen molar-refractivity contribution in [2.75, 3.05) is 24.8 Å². The van der Waals surface area contributed by atoms with Gasteiger partial charge in [-0.05, 0) is 31.2 Å². The minimum absolute atomic E-state index is 0.0498. The van der Waals surface area contributed by atoms with E-state index in [1.165, 1.54) is 26.3 Å². The summed E-state index contributed by atoms with van der Waals surface area (Å²) < 4.78 is 70.1. The van der Waals surface area contributed by atoms with Crippen LogP contribution in [-0.2, 0) is 16.2 Å². The van der Waals surface area contributed by atoms with Crippen molar-refractivity contribution >= 4 is 62.7 Å². The van der Waals surface area contributed by atoms with E-state index in [1.807, 2.05) is 0 Å². The van der Waals surface area contributed by atoms with Crippen molar-refractivity contribution in [1.29, 1.82) is 0 Å². The van der Waals surface area contributed by atoms with Crippen molar-refractivity contribution in [1.82, 2.24) is 29.5 Å². The lowest BCUT2D eigenvalue weighted by molar-refractivity contribution is -0.383. The van der Waals surface area contributed by atoms with Crippen molar-refractivity contribution in [3.63, 3.8) is 0 Å². The molecule has 0 fully saturated rings. The van der Waals surface area contributed by atoms with Gasteiger partial charge in [-0.15, -0.1) is 0 Å². The predicted octanol–water partition coefficient (Wildman–Crippen LogP) is 4.11. The van der Waals surface area contributed by atoms with Gasteiger partial charge in [-0.3, -0.25) is 15.0 Å². The number of rotatable bonds is 7. The quantitative estimate of drug-likeness (QED) is 0.180. The van der Waals surface area contributed by atoms with Gasteiger partial charge in [0.15, 0.2) is 0 Å². The van der Waals surface area contributed by atoms with Crippen LogP contribution in [0.3, 0.4) is 0 Å². The van der Waals surface area contributed by atoms with Gasteiger partial charge in [0.1, 0.15) is 22.6 Å². The van der Waals surface area contributed by atoms with E-state index >= 15 is 0 Å². The van der Waals surface area contributed by atoms with E-state index in [0.717, 1.165) is 27.9 Å². The fourth-order valence-electron chi connectivity index (χ4n) is 3.49. The molecule has 4 aromatic rings. The highest BCUT2D eigenvalue weighted by atomic mass is 35.5. The normalized spacial score (nSPS) is 11.2. The first-order valence-electron chi connectivity index (χ1n) is 12.2. The van der Waals surface area contributed by atoms with Crippen LogP contribution in [0.2, 0.25) is 10.0 Å². The number of aryl methyl sites for hydroxylation is 1. The summed E-state index contributed by atoms with van der Waals surface area (Å²) in [6.07, 6.45) is -3.78. The number of hydrogen-bond donors (Lipinski definition) is 3. The molecule has 0 unspecified atom stereocenters. The summed E-state index contributed by atoms with van der Waals surface area (Å²) in [5.74, 6) is -1.73. The second-order valence-corrected chi connectivity index (χ2v) is 11.3. The van der Waals surface area contributed by atoms with Crippen molar-refractivity contribution in [3.8, 4) is 11.7 Å². The van der Waals surface area contributed by atoms with Gasteiger partial charge in [0, 0.05) is 7.05 Å². The molecule has 4 N–H and O–H groups in total. The van der Waals surface area contributed by atoms with Crippen LogP contribution in [0.1, 0.15) is 21.7 Å². The number of carboxylic acids is 1. The van der Waals surface area contributed by atoms with Crippen LogP contribution < -0.4 is 20.1 Å². The van der Waals surface area contributed by atoms with E-state index in [1.54, 1.807) is 11.6 Å². The number of alkyl halides is 3. The summed E-state index contributed by atoms with van der Waals surface area (Å²) in [7, 11) is -1.87. The number of nitrogens with two attached hydrogens (primary N) is 1. The van der Waals surface area contributed by atoms with E-state index in [4.69, 9.17) is 38.8 Å². The average Bonchev–Trinajstić information content (AvgIpc) is 3.36. The fraction of sp³-hybridized carbons (Fsp3) is 0.167. The van der Waals surface area contributed by atoms with Crippen LogP contribution >= 0.6 is 23.2 Å². The maximum absolute atomic E-state index is 12.6. The number of nitrogen functional groups attached to an aromatic ring is 1. The number of methoxy groups -OCH3 is 1. The van der Waals surface area contributed by atoms with Crippen molar-refractivity contribution < 1.29 is 45.9 Å². The maximum atomic E-state index is 12.6. The number of nitrogens with zero attached hydrogens (tertiary/aromatic N) is 7. The Morgan fingerprint density at radius 1 is 1.15 bits per heavy atom. The van der Waals surface area contributed by atoms with Crippen LogP contribution in [0.5, 0.6) is 6.01 Å². The number of nitrogens with one attached hydrogen (secondary N) is 1. The molecule has 250 valence electrons. The highest BCUT2D eigenvalue weighted by Crippen LogP contribution is 2.39. The standard InChI is InChI=1S/C14H15N5O6S.C10H5Cl2F3N4O2/c1-8-15-12(17-13(16-8)25-3)19(2)14(22)18-26(23,24)10-7-5-4-6-9(10)11(20)21;11-5-1-4(10(13,14)15)2-6(12)8(5)18-9(16)7(3-17-18)19(20)21/h4-7H,1-3H3,(H,18,22)(H,20,21);1-3H,16H2. The zero-order valence-corrected chi connectivity index (χ0v) is 26.2. The SMILES string of the molecule is COc1nc(C)nc(N(C)C(=O)NS(=O)(=O)c2ccccc2C(=O)O)n1.Nc1c([N+](=O)[O-])cnn1-c1c(Cl)cc(C(F)(F)F)cc1Cl. The fourth-order valence-corrected chi connectivity index (χ4v) is 5.32. The summed E-state index contributed by atoms with van der Waals surface area (Å²) in [5, 5.41) is 22.6. The third-order valence-corrected chi connectivity index (χ3v) is 7.62. The molecule has 2 aromatic heterocycles. The Kier molecular flexibility index (Phi) is 10.8. The van der Waals surface area contributed by atoms with Gasteiger partial charge in [0.2, 0.25) is 11.8 Å². The number of aromatic carboxylic acids is 1. The third-order valence-electron chi connectivity index (χ3n) is 5.67. The lowest BCUT2D eigenvalue weighted by Gasteiger charge is -2.17. The number of nitro groups is 1. The average molecular weight is 722 g/mol. The largest absolute Gasteiger partial charge is 0.478 e. The van der Waals surface area contributed by atoms with Crippen LogP contribution in [-0.4, -0.2) is 69.3 Å². The van der Waals surface area contributed by atoms with Crippen LogP contribution in [0.4, 0.5) is 35.4 Å². The Balaban J connectivity index is 0.000000261. The van der Waals surface area contributed by atoms with E-state index in [9.17, 15) is 41.3 Å². The topological polar surface area (TPSA) is 239 Å². The van der Waals surface area contributed by atoms with Gasteiger partial charge in [0.05, 0.1) is 33.2 Å². The Hall–Kier alpha value is -5.28. The molecule has 0 aliphatic heterocycles. The molecule has 0 bridgehead atoms. The first kappa shape index (κ1) is 36.2. The van der Waals surface area contributed by atoms with Crippen LogP contribution in [0.15, 0.2) is 47.5 Å². The molecule has 4 rings (SSSR count). The van der Waals surface area contributed by atoms with Gasteiger partial charge in [-0.25, -0.2) is 27.4 Å². The number of amides is 2. The number of carbonyl (C=O) groups excluding carboxylic acids is 1. The van der Waals surface area contributed by atoms with Crippen molar-refractivity contribution in [2.45, 2.75) is 18.0 Å². The first-order valence-corrected chi connectivity index (χ1v) is 14.5. The molecule has 2 heterocycles. The molecule has 23 heteroatoms. The number of carboxylic acid groups (broad SMARTS) is 1. The second kappa shape index (κ2) is 14.0. The van der Waals surface area contributed by atoms with Gasteiger partial charge in [-0.1, -0.05) is 35.3 Å². The number of aromatic nitrogens is 5. The molecule has 0 aliphatic rings.